The number of benzene rings is 1. The number of rotatable bonds is 6. The summed E-state index contributed by atoms with van der Waals surface area (Å²) in [5.74, 6) is -0.430. The molecule has 0 fully saturated rings. The summed E-state index contributed by atoms with van der Waals surface area (Å²) in [6, 6.07) is 6.97. The predicted octanol–water partition coefficient (Wildman–Crippen LogP) is 2.48. The molecule has 0 bridgehead atoms. The maximum atomic E-state index is 11.6. The molecule has 0 aliphatic carbocycles. The van der Waals surface area contributed by atoms with Crippen LogP contribution in [0.25, 0.3) is 0 Å². The fourth-order valence-electron chi connectivity index (χ4n) is 1.53. The summed E-state index contributed by atoms with van der Waals surface area (Å²) in [4.78, 5) is 22.1. The Hall–Kier alpha value is -2.04. The van der Waals surface area contributed by atoms with E-state index in [0.29, 0.717) is 24.6 Å². The lowest BCUT2D eigenvalue weighted by molar-refractivity contribution is -0.136. The third-order valence-corrected chi connectivity index (χ3v) is 2.48. The average Bonchev–Trinajstić information content (AvgIpc) is 2.34. The van der Waals surface area contributed by atoms with Crippen LogP contribution >= 0.6 is 0 Å². The Labute approximate surface area is 113 Å². The van der Waals surface area contributed by atoms with Crippen molar-refractivity contribution < 1.29 is 14.7 Å². The molecule has 0 aliphatic heterocycles. The van der Waals surface area contributed by atoms with Gasteiger partial charge in [-0.2, -0.15) is 0 Å². The van der Waals surface area contributed by atoms with Gasteiger partial charge in [-0.15, -0.1) is 0 Å². The highest BCUT2D eigenvalue weighted by Gasteiger charge is 2.04. The molecule has 0 saturated heterocycles. The number of hydrogen-bond acceptors (Lipinski definition) is 2. The van der Waals surface area contributed by atoms with Crippen LogP contribution in [0.3, 0.4) is 0 Å². The molecule has 3 N–H and O–H groups in total. The van der Waals surface area contributed by atoms with Gasteiger partial charge in [0.05, 0.1) is 0 Å². The van der Waals surface area contributed by atoms with E-state index in [1.807, 2.05) is 19.9 Å². The molecule has 1 aromatic carbocycles. The zero-order valence-electron chi connectivity index (χ0n) is 11.3. The van der Waals surface area contributed by atoms with Gasteiger partial charge in [-0.3, -0.25) is 4.79 Å². The summed E-state index contributed by atoms with van der Waals surface area (Å²) < 4.78 is 0. The van der Waals surface area contributed by atoms with Crippen LogP contribution in [-0.4, -0.2) is 23.7 Å². The molecule has 5 heteroatoms. The Balaban J connectivity index is 2.51. The molecule has 2 amide bonds. The molecule has 5 nitrogen and oxygen atoms in total. The van der Waals surface area contributed by atoms with E-state index in [1.165, 1.54) is 0 Å². The fraction of sp³-hybridized carbons (Fsp3) is 0.429. The molecule has 0 unspecified atom stereocenters. The van der Waals surface area contributed by atoms with Gasteiger partial charge in [0.1, 0.15) is 0 Å². The number of amides is 2. The van der Waals surface area contributed by atoms with Crippen LogP contribution in [0, 0.1) is 5.92 Å². The smallest absolute Gasteiger partial charge is 0.319 e. The van der Waals surface area contributed by atoms with Crippen molar-refractivity contribution in [2.75, 3.05) is 11.9 Å². The van der Waals surface area contributed by atoms with Crippen molar-refractivity contribution in [1.82, 2.24) is 5.32 Å². The molecule has 1 rings (SSSR count). The summed E-state index contributed by atoms with van der Waals surface area (Å²) in [5.41, 5.74) is 1.56. The summed E-state index contributed by atoms with van der Waals surface area (Å²) in [5, 5.41) is 14.1. The van der Waals surface area contributed by atoms with Crippen LogP contribution in [0.2, 0.25) is 0 Å². The zero-order chi connectivity index (χ0) is 14.3. The minimum atomic E-state index is -0.826. The second-order valence-electron chi connectivity index (χ2n) is 4.82. The van der Waals surface area contributed by atoms with Crippen molar-refractivity contribution in [2.24, 2.45) is 5.92 Å². The van der Waals surface area contributed by atoms with Crippen LogP contribution in [0.1, 0.15) is 25.8 Å². The van der Waals surface area contributed by atoms with E-state index >= 15 is 0 Å². The summed E-state index contributed by atoms with van der Waals surface area (Å²) in [6.07, 6.45) is 0.543. The monoisotopic (exact) mass is 264 g/mol. The SMILES string of the molecule is CC(C)CNC(=O)Nc1cccc(CCC(=O)O)c1. The molecule has 0 atom stereocenters. The van der Waals surface area contributed by atoms with E-state index in [0.717, 1.165) is 5.56 Å². The van der Waals surface area contributed by atoms with Gasteiger partial charge in [0.15, 0.2) is 0 Å². The Kier molecular flexibility index (Phi) is 5.85. The molecular formula is C14H20N2O3. The lowest BCUT2D eigenvalue weighted by Gasteiger charge is -2.10. The minimum Gasteiger partial charge on any atom is -0.481 e. The van der Waals surface area contributed by atoms with Gasteiger partial charge in [0.25, 0.3) is 0 Å². The third-order valence-electron chi connectivity index (χ3n) is 2.48. The molecule has 0 heterocycles. The second-order valence-corrected chi connectivity index (χ2v) is 4.82. The first kappa shape index (κ1) is 15.0. The number of carbonyl (C=O) groups excluding carboxylic acids is 1. The number of aryl methyl sites for hydroxylation is 1. The van der Waals surface area contributed by atoms with E-state index in [-0.39, 0.29) is 12.5 Å². The first-order valence-electron chi connectivity index (χ1n) is 6.33. The molecule has 0 aliphatic rings. The number of nitrogens with one attached hydrogen (secondary N) is 2. The topological polar surface area (TPSA) is 78.4 Å². The highest BCUT2D eigenvalue weighted by atomic mass is 16.4. The fourth-order valence-corrected chi connectivity index (χ4v) is 1.53. The lowest BCUT2D eigenvalue weighted by atomic mass is 10.1. The van der Waals surface area contributed by atoms with Gasteiger partial charge in [-0.1, -0.05) is 26.0 Å². The van der Waals surface area contributed by atoms with Crippen LogP contribution < -0.4 is 10.6 Å². The average molecular weight is 264 g/mol. The molecular weight excluding hydrogens is 244 g/mol. The zero-order valence-corrected chi connectivity index (χ0v) is 11.3. The molecule has 0 radical (unpaired) electrons. The quantitative estimate of drug-likeness (QED) is 0.738. The van der Waals surface area contributed by atoms with E-state index in [2.05, 4.69) is 10.6 Å². The molecule has 0 aromatic heterocycles. The predicted molar refractivity (Wildman–Crippen MR) is 74.3 cm³/mol. The Morgan fingerprint density at radius 1 is 1.32 bits per heavy atom. The summed E-state index contributed by atoms with van der Waals surface area (Å²) in [6.45, 7) is 4.66. The van der Waals surface area contributed by atoms with Crippen LogP contribution in [-0.2, 0) is 11.2 Å². The Morgan fingerprint density at radius 3 is 2.68 bits per heavy atom. The Bertz CT molecular complexity index is 444. The normalized spacial score (nSPS) is 10.3. The van der Waals surface area contributed by atoms with Crippen molar-refractivity contribution in [3.05, 3.63) is 29.8 Å². The Morgan fingerprint density at radius 2 is 2.05 bits per heavy atom. The van der Waals surface area contributed by atoms with Crippen LogP contribution in [0.4, 0.5) is 10.5 Å². The van der Waals surface area contributed by atoms with E-state index in [9.17, 15) is 9.59 Å². The number of carbonyl (C=O) groups is 2. The van der Waals surface area contributed by atoms with E-state index < -0.39 is 5.97 Å². The number of hydrogen-bond donors (Lipinski definition) is 3. The van der Waals surface area contributed by atoms with Crippen molar-refractivity contribution >= 4 is 17.7 Å². The third kappa shape index (κ3) is 6.45. The largest absolute Gasteiger partial charge is 0.481 e. The lowest BCUT2D eigenvalue weighted by Crippen LogP contribution is -2.31. The van der Waals surface area contributed by atoms with Crippen molar-refractivity contribution in [3.8, 4) is 0 Å². The maximum absolute atomic E-state index is 11.6. The summed E-state index contributed by atoms with van der Waals surface area (Å²) in [7, 11) is 0. The number of aliphatic carboxylic acids is 1. The van der Waals surface area contributed by atoms with Gasteiger partial charge in [0.2, 0.25) is 0 Å². The van der Waals surface area contributed by atoms with Gasteiger partial charge < -0.3 is 15.7 Å². The number of carboxylic acids is 1. The van der Waals surface area contributed by atoms with Gasteiger partial charge >= 0.3 is 12.0 Å². The van der Waals surface area contributed by atoms with Gasteiger partial charge in [0, 0.05) is 18.7 Å². The number of urea groups is 1. The number of carboxylic acid groups (broad SMARTS) is 1. The van der Waals surface area contributed by atoms with Gasteiger partial charge in [-0.05, 0) is 30.0 Å². The first-order chi connectivity index (χ1) is 8.97. The van der Waals surface area contributed by atoms with Crippen LogP contribution in [0.5, 0.6) is 0 Å². The first-order valence-corrected chi connectivity index (χ1v) is 6.33. The number of anilines is 1. The van der Waals surface area contributed by atoms with Crippen molar-refractivity contribution in [1.29, 1.82) is 0 Å². The van der Waals surface area contributed by atoms with E-state index in [1.54, 1.807) is 18.2 Å². The highest BCUT2D eigenvalue weighted by Crippen LogP contribution is 2.12. The second kappa shape index (κ2) is 7.41. The van der Waals surface area contributed by atoms with Crippen molar-refractivity contribution in [3.63, 3.8) is 0 Å². The minimum absolute atomic E-state index is 0.0863. The molecule has 0 spiro atoms. The standard InChI is InChI=1S/C14H20N2O3/c1-10(2)9-15-14(19)16-12-5-3-4-11(8-12)6-7-13(17)18/h3-5,8,10H,6-7,9H2,1-2H3,(H,17,18)(H2,15,16,19). The molecule has 104 valence electrons. The summed E-state index contributed by atoms with van der Waals surface area (Å²) >= 11 is 0. The van der Waals surface area contributed by atoms with Crippen molar-refractivity contribution in [2.45, 2.75) is 26.7 Å². The maximum Gasteiger partial charge on any atom is 0.319 e. The highest BCUT2D eigenvalue weighted by molar-refractivity contribution is 5.89. The molecule has 1 aromatic rings. The molecule has 0 saturated carbocycles. The molecule has 19 heavy (non-hydrogen) atoms. The van der Waals surface area contributed by atoms with E-state index in [4.69, 9.17) is 5.11 Å². The van der Waals surface area contributed by atoms with Crippen LogP contribution in [0.15, 0.2) is 24.3 Å². The van der Waals surface area contributed by atoms with Gasteiger partial charge in [-0.25, -0.2) is 4.79 Å².